The minimum absolute atomic E-state index is 0.215. The first-order valence-corrected chi connectivity index (χ1v) is 8.49. The van der Waals surface area contributed by atoms with Crippen LogP contribution in [0.4, 0.5) is 21.9 Å². The first kappa shape index (κ1) is 15.3. The largest absolute Gasteiger partial charge is 0.323 e. The molecule has 0 unspecified atom stereocenters. The van der Waals surface area contributed by atoms with E-state index in [0.717, 1.165) is 0 Å². The highest BCUT2D eigenvalue weighted by Gasteiger charge is 2.29. The number of nitrogens with one attached hydrogen (secondary N) is 3. The Kier molecular flexibility index (Phi) is 3.95. The van der Waals surface area contributed by atoms with Crippen molar-refractivity contribution in [2.24, 2.45) is 0 Å². The van der Waals surface area contributed by atoms with E-state index in [-0.39, 0.29) is 17.2 Å². The van der Waals surface area contributed by atoms with Crippen molar-refractivity contribution < 1.29 is 18.7 Å². The zero-order valence-corrected chi connectivity index (χ0v) is 12.8. The van der Waals surface area contributed by atoms with Gasteiger partial charge in [-0.05, 0) is 24.3 Å². The lowest BCUT2D eigenvalue weighted by atomic mass is 10.1. The van der Waals surface area contributed by atoms with Crippen LogP contribution >= 0.6 is 10.8 Å². The third-order valence-corrected chi connectivity index (χ3v) is 4.44. The number of carbonyl (C=O) groups is 2. The second-order valence-corrected chi connectivity index (χ2v) is 6.84. The van der Waals surface area contributed by atoms with Crippen LogP contribution in [-0.2, 0) is 0 Å². The second kappa shape index (κ2) is 5.92. The van der Waals surface area contributed by atoms with Crippen LogP contribution in [0.2, 0.25) is 0 Å². The van der Waals surface area contributed by atoms with Gasteiger partial charge in [0, 0.05) is 11.3 Å². The van der Waals surface area contributed by atoms with Gasteiger partial charge in [0.25, 0.3) is 0 Å². The molecule has 0 radical (unpaired) electrons. The standard InChI is InChI=1S/C15H15N3O4S/c19-13-9-23(21,22)18-14-11(13)7-4-8-12(14)17-15(20)16-10-5-2-1-3-6-10/h1-8,18,21-22H,9H2,(H2,16,17,20). The molecule has 1 aliphatic rings. The molecule has 7 nitrogen and oxygen atoms in total. The Morgan fingerprint density at radius 3 is 2.52 bits per heavy atom. The minimum atomic E-state index is -3.23. The quantitative estimate of drug-likeness (QED) is 0.576. The molecule has 0 saturated carbocycles. The molecule has 23 heavy (non-hydrogen) atoms. The summed E-state index contributed by atoms with van der Waals surface area (Å²) < 4.78 is 22.1. The normalized spacial score (nSPS) is 16.7. The third kappa shape index (κ3) is 3.45. The maximum atomic E-state index is 12.1. The number of amides is 2. The van der Waals surface area contributed by atoms with Gasteiger partial charge in [-0.3, -0.25) is 18.6 Å². The number of benzene rings is 2. The molecule has 0 saturated heterocycles. The van der Waals surface area contributed by atoms with Gasteiger partial charge >= 0.3 is 6.03 Å². The summed E-state index contributed by atoms with van der Waals surface area (Å²) in [7, 11) is -3.23. The maximum absolute atomic E-state index is 12.1. The van der Waals surface area contributed by atoms with E-state index in [2.05, 4.69) is 15.4 Å². The van der Waals surface area contributed by atoms with E-state index in [1.165, 1.54) is 0 Å². The predicted octanol–water partition coefficient (Wildman–Crippen LogP) is 3.60. The van der Waals surface area contributed by atoms with Crippen molar-refractivity contribution in [2.45, 2.75) is 0 Å². The van der Waals surface area contributed by atoms with Crippen LogP contribution < -0.4 is 15.4 Å². The molecular formula is C15H15N3O4S. The Balaban J connectivity index is 1.83. The van der Waals surface area contributed by atoms with Crippen molar-refractivity contribution >= 4 is 39.7 Å². The zero-order chi connectivity index (χ0) is 16.4. The summed E-state index contributed by atoms with van der Waals surface area (Å²) in [5.41, 5.74) is 1.44. The minimum Gasteiger partial charge on any atom is -0.308 e. The fraction of sp³-hybridized carbons (Fsp3) is 0.0667. The molecule has 2 aromatic carbocycles. The lowest BCUT2D eigenvalue weighted by molar-refractivity contribution is 0.101. The number of carbonyl (C=O) groups excluding carboxylic acids is 2. The summed E-state index contributed by atoms with van der Waals surface area (Å²) in [5, 5.41) is 5.25. The van der Waals surface area contributed by atoms with Crippen LogP contribution in [-0.4, -0.2) is 26.7 Å². The fourth-order valence-corrected chi connectivity index (χ4v) is 3.41. The maximum Gasteiger partial charge on any atom is 0.323 e. The van der Waals surface area contributed by atoms with Crippen molar-refractivity contribution in [1.29, 1.82) is 0 Å². The van der Waals surface area contributed by atoms with E-state index >= 15 is 0 Å². The number of urea groups is 1. The molecular weight excluding hydrogens is 318 g/mol. The highest BCUT2D eigenvalue weighted by molar-refractivity contribution is 8.26. The Bertz CT molecular complexity index is 765. The number of fused-ring (bicyclic) bond motifs is 1. The topological polar surface area (TPSA) is 111 Å². The molecule has 0 atom stereocenters. The summed E-state index contributed by atoms with van der Waals surface area (Å²) in [6, 6.07) is 13.1. The van der Waals surface area contributed by atoms with E-state index in [1.54, 1.807) is 42.5 Å². The van der Waals surface area contributed by atoms with Crippen LogP contribution in [0.3, 0.4) is 0 Å². The summed E-state index contributed by atoms with van der Waals surface area (Å²) in [5.74, 6) is -0.759. The van der Waals surface area contributed by atoms with Gasteiger partial charge in [0.1, 0.15) is 5.75 Å². The number of Topliss-reactive ketones (excluding diaryl/α,β-unsaturated/α-hetero) is 1. The van der Waals surface area contributed by atoms with Crippen molar-refractivity contribution in [2.75, 3.05) is 21.1 Å². The molecule has 3 rings (SSSR count). The lowest BCUT2D eigenvalue weighted by Gasteiger charge is -2.38. The van der Waals surface area contributed by atoms with Crippen molar-refractivity contribution in [3.8, 4) is 0 Å². The Morgan fingerprint density at radius 1 is 1.04 bits per heavy atom. The van der Waals surface area contributed by atoms with Gasteiger partial charge in [-0.15, -0.1) is 10.8 Å². The molecule has 8 heteroatoms. The monoisotopic (exact) mass is 333 g/mol. The zero-order valence-electron chi connectivity index (χ0n) is 11.9. The molecule has 0 spiro atoms. The highest BCUT2D eigenvalue weighted by atomic mass is 32.3. The van der Waals surface area contributed by atoms with Crippen LogP contribution in [0.15, 0.2) is 48.5 Å². The number of hydrogen-bond acceptors (Lipinski definition) is 5. The Labute approximate surface area is 134 Å². The smallest absolute Gasteiger partial charge is 0.308 e. The van der Waals surface area contributed by atoms with Crippen LogP contribution in [0, 0.1) is 0 Å². The number of ketones is 1. The first-order valence-electron chi connectivity index (χ1n) is 6.77. The van der Waals surface area contributed by atoms with Gasteiger partial charge in [0.05, 0.1) is 11.4 Å². The predicted molar refractivity (Wildman–Crippen MR) is 91.2 cm³/mol. The number of rotatable bonds is 2. The van der Waals surface area contributed by atoms with Crippen molar-refractivity contribution in [1.82, 2.24) is 0 Å². The summed E-state index contributed by atoms with van der Waals surface area (Å²) in [6.07, 6.45) is 0. The second-order valence-electron chi connectivity index (χ2n) is 5.01. The summed E-state index contributed by atoms with van der Waals surface area (Å²) in [6.45, 7) is 0. The number of para-hydroxylation sites is 2. The van der Waals surface area contributed by atoms with Crippen molar-refractivity contribution in [3.63, 3.8) is 0 Å². The van der Waals surface area contributed by atoms with Gasteiger partial charge in [-0.2, -0.15) is 0 Å². The summed E-state index contributed by atoms with van der Waals surface area (Å²) in [4.78, 5) is 24.0. The fourth-order valence-electron chi connectivity index (χ4n) is 2.27. The van der Waals surface area contributed by atoms with E-state index in [4.69, 9.17) is 0 Å². The summed E-state index contributed by atoms with van der Waals surface area (Å²) >= 11 is 0. The van der Waals surface area contributed by atoms with Crippen LogP contribution in [0.5, 0.6) is 0 Å². The van der Waals surface area contributed by atoms with E-state index in [1.807, 2.05) is 6.07 Å². The molecule has 0 bridgehead atoms. The first-order chi connectivity index (χ1) is 10.9. The van der Waals surface area contributed by atoms with Gasteiger partial charge in [0.2, 0.25) is 0 Å². The van der Waals surface area contributed by atoms with E-state index < -0.39 is 16.8 Å². The van der Waals surface area contributed by atoms with Gasteiger partial charge in [-0.25, -0.2) is 4.79 Å². The van der Waals surface area contributed by atoms with Crippen LogP contribution in [0.25, 0.3) is 0 Å². The third-order valence-electron chi connectivity index (χ3n) is 3.24. The SMILES string of the molecule is O=C(Nc1ccccc1)Nc1cccc2c1NS(O)(O)CC2=O. The number of hydrogen-bond donors (Lipinski definition) is 5. The van der Waals surface area contributed by atoms with E-state index in [0.29, 0.717) is 16.9 Å². The van der Waals surface area contributed by atoms with Crippen molar-refractivity contribution in [3.05, 3.63) is 54.1 Å². The molecule has 2 aromatic rings. The molecule has 1 aliphatic heterocycles. The molecule has 0 aromatic heterocycles. The molecule has 1 heterocycles. The molecule has 5 N–H and O–H groups in total. The lowest BCUT2D eigenvalue weighted by Crippen LogP contribution is -2.28. The average molecular weight is 333 g/mol. The number of anilines is 3. The van der Waals surface area contributed by atoms with E-state index in [9.17, 15) is 18.7 Å². The van der Waals surface area contributed by atoms with Gasteiger partial charge in [-0.1, -0.05) is 24.3 Å². The Hall–Kier alpha value is -2.55. The van der Waals surface area contributed by atoms with Crippen LogP contribution in [0.1, 0.15) is 10.4 Å². The Morgan fingerprint density at radius 2 is 1.78 bits per heavy atom. The molecule has 0 aliphatic carbocycles. The van der Waals surface area contributed by atoms with Gasteiger partial charge < -0.3 is 10.6 Å². The highest BCUT2D eigenvalue weighted by Crippen LogP contribution is 2.47. The average Bonchev–Trinajstić information content (AvgIpc) is 2.48. The molecule has 120 valence electrons. The molecule has 2 amide bonds. The van der Waals surface area contributed by atoms with Gasteiger partial charge in [0.15, 0.2) is 5.78 Å². The molecule has 0 fully saturated rings.